The number of urea groups is 1. The number of nitrogens with zero attached hydrogens (tertiary/aromatic N) is 1. The summed E-state index contributed by atoms with van der Waals surface area (Å²) in [6.07, 6.45) is 12.0. The van der Waals surface area contributed by atoms with E-state index in [2.05, 4.69) is 42.7 Å². The van der Waals surface area contributed by atoms with E-state index in [-0.39, 0.29) is 18.0 Å². The van der Waals surface area contributed by atoms with E-state index in [1.165, 1.54) is 37.7 Å². The molecule has 3 N–H and O–H groups in total. The van der Waals surface area contributed by atoms with Crippen LogP contribution in [0.25, 0.3) is 0 Å². The fraction of sp³-hybridized carbons (Fsp3) is 0.767. The standard InChI is InChI=1S/C30H51N3O3/c1-23-12-10-16-28(24(23)2)30(35,17-8-9-19-36-4)26-15-11-18-33(22-26)29(34)32-27(21-31-3)20-25-13-6-5-7-14-25/h10,12,16,25-27,31,35H,5-9,11,13-15,17-22H2,1-4H3,(H,32,34). The molecular formula is C30H51N3O3. The molecule has 6 nitrogen and oxygen atoms in total. The highest BCUT2D eigenvalue weighted by atomic mass is 16.5. The van der Waals surface area contributed by atoms with Gasteiger partial charge in [-0.25, -0.2) is 4.79 Å². The number of benzene rings is 1. The number of aliphatic hydroxyl groups is 1. The van der Waals surface area contributed by atoms with Gasteiger partial charge in [0.2, 0.25) is 0 Å². The van der Waals surface area contributed by atoms with E-state index in [0.717, 1.165) is 56.3 Å². The van der Waals surface area contributed by atoms with Gasteiger partial charge in [0.15, 0.2) is 0 Å². The van der Waals surface area contributed by atoms with Crippen molar-refractivity contribution in [3.05, 3.63) is 34.9 Å². The Morgan fingerprint density at radius 2 is 1.94 bits per heavy atom. The lowest BCUT2D eigenvalue weighted by Gasteiger charge is -2.44. The highest BCUT2D eigenvalue weighted by molar-refractivity contribution is 5.74. The third kappa shape index (κ3) is 7.69. The second-order valence-corrected chi connectivity index (χ2v) is 11.4. The van der Waals surface area contributed by atoms with Gasteiger partial charge in [-0.05, 0) is 82.0 Å². The maximum Gasteiger partial charge on any atom is 0.317 e. The quantitative estimate of drug-likeness (QED) is 0.340. The number of hydrogen-bond donors (Lipinski definition) is 3. The van der Waals surface area contributed by atoms with E-state index in [1.807, 2.05) is 11.9 Å². The normalized spacial score (nSPS) is 21.7. The predicted molar refractivity (Wildman–Crippen MR) is 147 cm³/mol. The number of likely N-dealkylation sites (tertiary alicyclic amines) is 1. The van der Waals surface area contributed by atoms with Crippen LogP contribution in [-0.2, 0) is 10.3 Å². The summed E-state index contributed by atoms with van der Waals surface area (Å²) in [5.74, 6) is 0.731. The molecular weight excluding hydrogens is 450 g/mol. The summed E-state index contributed by atoms with van der Waals surface area (Å²) in [5, 5.41) is 18.9. The second kappa shape index (κ2) is 14.3. The zero-order valence-corrected chi connectivity index (χ0v) is 23.3. The molecule has 3 rings (SSSR count). The van der Waals surface area contributed by atoms with Gasteiger partial charge in [-0.1, -0.05) is 50.3 Å². The van der Waals surface area contributed by atoms with Crippen molar-refractivity contribution >= 4 is 6.03 Å². The van der Waals surface area contributed by atoms with Crippen molar-refractivity contribution in [3.8, 4) is 0 Å². The number of rotatable bonds is 12. The third-order valence-electron chi connectivity index (χ3n) is 8.73. The fourth-order valence-electron chi connectivity index (χ4n) is 6.50. The van der Waals surface area contributed by atoms with Crippen LogP contribution in [0, 0.1) is 25.7 Å². The van der Waals surface area contributed by atoms with E-state index in [9.17, 15) is 9.90 Å². The number of methoxy groups -OCH3 is 1. The lowest BCUT2D eigenvalue weighted by molar-refractivity contribution is -0.0568. The number of amides is 2. The molecule has 1 heterocycles. The van der Waals surface area contributed by atoms with Crippen LogP contribution in [0.15, 0.2) is 18.2 Å². The minimum Gasteiger partial charge on any atom is -0.385 e. The van der Waals surface area contributed by atoms with Crippen LogP contribution in [0.4, 0.5) is 4.79 Å². The van der Waals surface area contributed by atoms with Crippen molar-refractivity contribution in [1.82, 2.24) is 15.5 Å². The van der Waals surface area contributed by atoms with Gasteiger partial charge in [0.05, 0.1) is 5.60 Å². The SMILES string of the molecule is CNCC(CC1CCCCC1)NC(=O)N1CCCC(C(O)(CCCCOC)c2cccc(C)c2C)C1. The lowest BCUT2D eigenvalue weighted by atomic mass is 9.72. The first-order valence-electron chi connectivity index (χ1n) is 14.4. The van der Waals surface area contributed by atoms with Crippen molar-refractivity contribution in [1.29, 1.82) is 0 Å². The van der Waals surface area contributed by atoms with Crippen LogP contribution >= 0.6 is 0 Å². The Balaban J connectivity index is 1.72. The number of carbonyl (C=O) groups excluding carboxylic acids is 1. The van der Waals surface area contributed by atoms with E-state index >= 15 is 0 Å². The van der Waals surface area contributed by atoms with Gasteiger partial charge in [-0.15, -0.1) is 0 Å². The molecule has 3 unspecified atom stereocenters. The van der Waals surface area contributed by atoms with Gasteiger partial charge >= 0.3 is 6.03 Å². The molecule has 1 aromatic carbocycles. The van der Waals surface area contributed by atoms with E-state index in [0.29, 0.717) is 25.5 Å². The van der Waals surface area contributed by atoms with Crippen molar-refractivity contribution in [2.75, 3.05) is 40.4 Å². The van der Waals surface area contributed by atoms with Gasteiger partial charge in [0.1, 0.15) is 0 Å². The average molecular weight is 502 g/mol. The summed E-state index contributed by atoms with van der Waals surface area (Å²) >= 11 is 0. The smallest absolute Gasteiger partial charge is 0.317 e. The number of ether oxygens (including phenoxy) is 1. The van der Waals surface area contributed by atoms with Gasteiger partial charge in [-0.3, -0.25) is 0 Å². The molecule has 2 aliphatic rings. The van der Waals surface area contributed by atoms with Crippen LogP contribution in [-0.4, -0.2) is 62.5 Å². The number of nitrogens with one attached hydrogen (secondary N) is 2. The summed E-state index contributed by atoms with van der Waals surface area (Å²) in [7, 11) is 3.69. The van der Waals surface area contributed by atoms with Gasteiger partial charge in [0.25, 0.3) is 0 Å². The zero-order valence-electron chi connectivity index (χ0n) is 23.3. The maximum atomic E-state index is 13.4. The largest absolute Gasteiger partial charge is 0.385 e. The summed E-state index contributed by atoms with van der Waals surface area (Å²) in [4.78, 5) is 15.4. The molecule has 0 spiro atoms. The zero-order chi connectivity index (χ0) is 26.0. The maximum absolute atomic E-state index is 13.4. The van der Waals surface area contributed by atoms with E-state index in [1.54, 1.807) is 7.11 Å². The molecule has 2 fully saturated rings. The molecule has 36 heavy (non-hydrogen) atoms. The summed E-state index contributed by atoms with van der Waals surface area (Å²) in [6, 6.07) is 6.43. The molecule has 2 amide bonds. The molecule has 1 aliphatic heterocycles. The molecule has 6 heteroatoms. The average Bonchev–Trinajstić information content (AvgIpc) is 2.89. The van der Waals surface area contributed by atoms with Crippen molar-refractivity contribution in [2.24, 2.45) is 11.8 Å². The molecule has 1 aliphatic carbocycles. The minimum absolute atomic E-state index is 0.0149. The molecule has 1 saturated heterocycles. The Morgan fingerprint density at radius 3 is 2.67 bits per heavy atom. The fourth-order valence-corrected chi connectivity index (χ4v) is 6.50. The van der Waals surface area contributed by atoms with Crippen LogP contribution in [0.5, 0.6) is 0 Å². The molecule has 3 atom stereocenters. The number of likely N-dealkylation sites (N-methyl/N-ethyl adjacent to an activating group) is 1. The number of unbranched alkanes of at least 4 members (excludes halogenated alkanes) is 1. The van der Waals surface area contributed by atoms with Crippen molar-refractivity contribution in [2.45, 2.75) is 96.1 Å². The molecule has 1 aromatic rings. The van der Waals surface area contributed by atoms with E-state index in [4.69, 9.17) is 4.74 Å². The highest BCUT2D eigenvalue weighted by Crippen LogP contribution is 2.41. The Bertz CT molecular complexity index is 811. The first-order chi connectivity index (χ1) is 17.4. The highest BCUT2D eigenvalue weighted by Gasteiger charge is 2.42. The number of carbonyl (C=O) groups is 1. The van der Waals surface area contributed by atoms with Gasteiger partial charge in [-0.2, -0.15) is 0 Å². The topological polar surface area (TPSA) is 73.8 Å². The van der Waals surface area contributed by atoms with E-state index < -0.39 is 5.60 Å². The van der Waals surface area contributed by atoms with Gasteiger partial charge < -0.3 is 25.4 Å². The van der Waals surface area contributed by atoms with Crippen LogP contribution in [0.2, 0.25) is 0 Å². The van der Waals surface area contributed by atoms with Crippen LogP contribution < -0.4 is 10.6 Å². The summed E-state index contributed by atoms with van der Waals surface area (Å²) in [5.41, 5.74) is 2.44. The van der Waals surface area contributed by atoms with Crippen LogP contribution in [0.1, 0.15) is 87.3 Å². The lowest BCUT2D eigenvalue weighted by Crippen LogP contribution is -2.54. The molecule has 0 radical (unpaired) electrons. The first kappa shape index (κ1) is 28.9. The number of piperidine rings is 1. The Morgan fingerprint density at radius 1 is 1.17 bits per heavy atom. The van der Waals surface area contributed by atoms with Crippen LogP contribution in [0.3, 0.4) is 0 Å². The Kier molecular flexibility index (Phi) is 11.5. The minimum atomic E-state index is -0.949. The molecule has 0 aromatic heterocycles. The second-order valence-electron chi connectivity index (χ2n) is 11.4. The molecule has 1 saturated carbocycles. The Labute approximate surface area is 219 Å². The Hall–Kier alpha value is -1.63. The molecule has 0 bridgehead atoms. The van der Waals surface area contributed by atoms with Crippen molar-refractivity contribution < 1.29 is 14.6 Å². The third-order valence-corrected chi connectivity index (χ3v) is 8.73. The predicted octanol–water partition coefficient (Wildman–Crippen LogP) is 5.29. The first-order valence-corrected chi connectivity index (χ1v) is 14.4. The number of aryl methyl sites for hydroxylation is 1. The van der Waals surface area contributed by atoms with Crippen molar-refractivity contribution in [3.63, 3.8) is 0 Å². The summed E-state index contributed by atoms with van der Waals surface area (Å²) < 4.78 is 5.26. The number of hydrogen-bond acceptors (Lipinski definition) is 4. The summed E-state index contributed by atoms with van der Waals surface area (Å²) in [6.45, 7) is 7.08. The molecule has 204 valence electrons. The van der Waals surface area contributed by atoms with Gasteiger partial charge in [0, 0.05) is 45.3 Å². The monoisotopic (exact) mass is 501 g/mol.